The number of unbranched alkanes of at least 4 members (excludes halogenated alkanes) is 1. The quantitative estimate of drug-likeness (QED) is 0.648. The zero-order chi connectivity index (χ0) is 20.8. The van der Waals surface area contributed by atoms with Crippen molar-refractivity contribution >= 4 is 17.7 Å². The van der Waals surface area contributed by atoms with E-state index in [1.54, 1.807) is 29.2 Å². The molecule has 0 fully saturated rings. The zero-order valence-electron chi connectivity index (χ0n) is 17.0. The molecule has 6 heteroatoms. The number of aliphatic hydroxyl groups excluding tert-OH is 1. The van der Waals surface area contributed by atoms with Crippen LogP contribution in [0.1, 0.15) is 68.4 Å². The number of hydrogen-bond donors (Lipinski definition) is 1. The standard InChI is InChI=1S/C22H29NO5/c1-5-7-8-15(6-2)13-23-19(18(14(3)24)20(25)21(23)26)16-9-11-17(12-10-16)22(27)28-4/h9-12,15,19,25H,5-8,13H2,1-4H3/t15-,19+/m0/s1. The van der Waals surface area contributed by atoms with Gasteiger partial charge in [0, 0.05) is 6.54 Å². The second kappa shape index (κ2) is 9.53. The molecule has 1 aromatic carbocycles. The maximum absolute atomic E-state index is 12.7. The van der Waals surface area contributed by atoms with Crippen LogP contribution < -0.4 is 0 Å². The number of Topliss-reactive ketones (excluding diaryl/α,β-unsaturated/α-hetero) is 1. The molecule has 0 unspecified atom stereocenters. The van der Waals surface area contributed by atoms with Crippen molar-refractivity contribution in [3.8, 4) is 0 Å². The Balaban J connectivity index is 2.39. The molecular formula is C22H29NO5. The van der Waals surface area contributed by atoms with Crippen LogP contribution in [0.5, 0.6) is 0 Å². The molecular weight excluding hydrogens is 358 g/mol. The van der Waals surface area contributed by atoms with Gasteiger partial charge in [0.2, 0.25) is 0 Å². The van der Waals surface area contributed by atoms with E-state index in [9.17, 15) is 19.5 Å². The lowest BCUT2D eigenvalue weighted by Crippen LogP contribution is -2.35. The SMILES string of the molecule is CCCC[C@H](CC)CN1C(=O)C(O)=C(C(C)=O)[C@H]1c1ccc(C(=O)OC)cc1. The third-order valence-corrected chi connectivity index (χ3v) is 5.33. The summed E-state index contributed by atoms with van der Waals surface area (Å²) in [6, 6.07) is 5.96. The van der Waals surface area contributed by atoms with Crippen molar-refractivity contribution in [3.05, 3.63) is 46.7 Å². The smallest absolute Gasteiger partial charge is 0.337 e. The minimum atomic E-state index is -0.646. The molecule has 1 heterocycles. The lowest BCUT2D eigenvalue weighted by molar-refractivity contribution is -0.130. The van der Waals surface area contributed by atoms with E-state index in [4.69, 9.17) is 4.74 Å². The van der Waals surface area contributed by atoms with Crippen molar-refractivity contribution in [2.24, 2.45) is 5.92 Å². The Morgan fingerprint density at radius 3 is 2.36 bits per heavy atom. The number of nitrogens with zero attached hydrogens (tertiary/aromatic N) is 1. The van der Waals surface area contributed by atoms with Gasteiger partial charge in [-0.1, -0.05) is 45.2 Å². The third kappa shape index (κ3) is 4.43. The fourth-order valence-electron chi connectivity index (χ4n) is 3.66. The molecule has 0 bridgehead atoms. The summed E-state index contributed by atoms with van der Waals surface area (Å²) in [7, 11) is 1.31. The lowest BCUT2D eigenvalue weighted by Gasteiger charge is -2.30. The number of carbonyl (C=O) groups is 3. The highest BCUT2D eigenvalue weighted by molar-refractivity contribution is 6.08. The van der Waals surface area contributed by atoms with Gasteiger partial charge in [-0.05, 0) is 37.0 Å². The van der Waals surface area contributed by atoms with E-state index in [0.29, 0.717) is 23.6 Å². The van der Waals surface area contributed by atoms with Crippen LogP contribution in [0.4, 0.5) is 0 Å². The number of rotatable bonds is 9. The van der Waals surface area contributed by atoms with Crippen LogP contribution in [0.25, 0.3) is 0 Å². The highest BCUT2D eigenvalue weighted by Gasteiger charge is 2.42. The number of esters is 1. The second-order valence-corrected chi connectivity index (χ2v) is 7.21. The average molecular weight is 387 g/mol. The van der Waals surface area contributed by atoms with E-state index in [0.717, 1.165) is 25.7 Å². The van der Waals surface area contributed by atoms with Gasteiger partial charge in [-0.2, -0.15) is 0 Å². The van der Waals surface area contributed by atoms with Gasteiger partial charge in [-0.15, -0.1) is 0 Å². The number of aliphatic hydroxyl groups is 1. The number of ketones is 1. The van der Waals surface area contributed by atoms with Gasteiger partial charge >= 0.3 is 5.97 Å². The highest BCUT2D eigenvalue weighted by atomic mass is 16.5. The van der Waals surface area contributed by atoms with Gasteiger partial charge in [-0.3, -0.25) is 9.59 Å². The Bertz CT molecular complexity index is 766. The van der Waals surface area contributed by atoms with E-state index in [-0.39, 0.29) is 11.4 Å². The van der Waals surface area contributed by atoms with Crippen LogP contribution in [-0.4, -0.2) is 41.3 Å². The van der Waals surface area contributed by atoms with Crippen LogP contribution >= 0.6 is 0 Å². The Labute approximate surface area is 166 Å². The largest absolute Gasteiger partial charge is 0.503 e. The molecule has 2 atom stereocenters. The van der Waals surface area contributed by atoms with E-state index in [1.807, 2.05) is 0 Å². The minimum absolute atomic E-state index is 0.112. The van der Waals surface area contributed by atoms with Gasteiger partial charge in [0.25, 0.3) is 5.91 Å². The lowest BCUT2D eigenvalue weighted by atomic mass is 9.94. The van der Waals surface area contributed by atoms with Crippen molar-refractivity contribution in [3.63, 3.8) is 0 Å². The summed E-state index contributed by atoms with van der Waals surface area (Å²) in [6.07, 6.45) is 4.04. The van der Waals surface area contributed by atoms with Gasteiger partial charge < -0.3 is 14.7 Å². The van der Waals surface area contributed by atoms with Crippen LogP contribution in [0.15, 0.2) is 35.6 Å². The molecule has 1 aromatic rings. The van der Waals surface area contributed by atoms with Crippen LogP contribution in [-0.2, 0) is 14.3 Å². The Kier molecular flexibility index (Phi) is 7.38. The van der Waals surface area contributed by atoms with Crippen molar-refractivity contribution in [1.29, 1.82) is 0 Å². The highest BCUT2D eigenvalue weighted by Crippen LogP contribution is 2.38. The Morgan fingerprint density at radius 2 is 1.86 bits per heavy atom. The summed E-state index contributed by atoms with van der Waals surface area (Å²) in [5, 5.41) is 10.4. The van der Waals surface area contributed by atoms with E-state index in [2.05, 4.69) is 13.8 Å². The summed E-state index contributed by atoms with van der Waals surface area (Å²) in [6.45, 7) is 6.03. The maximum atomic E-state index is 12.7. The van der Waals surface area contributed by atoms with E-state index in [1.165, 1.54) is 14.0 Å². The molecule has 1 amide bonds. The summed E-state index contributed by atoms with van der Waals surface area (Å²) < 4.78 is 4.71. The Morgan fingerprint density at radius 1 is 1.21 bits per heavy atom. The number of hydrogen-bond acceptors (Lipinski definition) is 5. The summed E-state index contributed by atoms with van der Waals surface area (Å²) in [5.41, 5.74) is 1.18. The maximum Gasteiger partial charge on any atom is 0.337 e. The van der Waals surface area contributed by atoms with E-state index >= 15 is 0 Å². The first-order valence-electron chi connectivity index (χ1n) is 9.78. The molecule has 0 spiro atoms. The fourth-order valence-corrected chi connectivity index (χ4v) is 3.66. The van der Waals surface area contributed by atoms with Crippen LogP contribution in [0.2, 0.25) is 0 Å². The second-order valence-electron chi connectivity index (χ2n) is 7.21. The molecule has 0 saturated carbocycles. The van der Waals surface area contributed by atoms with Crippen LogP contribution in [0, 0.1) is 5.92 Å². The number of methoxy groups -OCH3 is 1. The van der Waals surface area contributed by atoms with Gasteiger partial charge in [-0.25, -0.2) is 4.79 Å². The third-order valence-electron chi connectivity index (χ3n) is 5.33. The first-order valence-corrected chi connectivity index (χ1v) is 9.78. The monoisotopic (exact) mass is 387 g/mol. The molecule has 6 nitrogen and oxygen atoms in total. The molecule has 152 valence electrons. The van der Waals surface area contributed by atoms with Crippen molar-refractivity contribution in [2.75, 3.05) is 13.7 Å². The normalized spacial score (nSPS) is 17.8. The first kappa shape index (κ1) is 21.7. The predicted octanol–water partition coefficient (Wildman–Crippen LogP) is 3.97. The molecule has 1 N–H and O–H groups in total. The molecule has 0 saturated heterocycles. The van der Waals surface area contributed by atoms with Crippen molar-refractivity contribution < 1.29 is 24.2 Å². The first-order chi connectivity index (χ1) is 13.3. The zero-order valence-corrected chi connectivity index (χ0v) is 17.0. The molecule has 1 aliphatic heterocycles. The molecule has 0 aliphatic carbocycles. The summed E-state index contributed by atoms with van der Waals surface area (Å²) in [4.78, 5) is 38.2. The average Bonchev–Trinajstić information content (AvgIpc) is 2.95. The molecule has 1 aliphatic rings. The number of carbonyl (C=O) groups excluding carboxylic acids is 3. The number of amides is 1. The number of benzene rings is 1. The topological polar surface area (TPSA) is 83.9 Å². The molecule has 0 radical (unpaired) electrons. The van der Waals surface area contributed by atoms with Crippen molar-refractivity contribution in [2.45, 2.75) is 52.5 Å². The van der Waals surface area contributed by atoms with Gasteiger partial charge in [0.05, 0.1) is 24.3 Å². The number of ether oxygens (including phenoxy) is 1. The minimum Gasteiger partial charge on any atom is -0.503 e. The molecule has 28 heavy (non-hydrogen) atoms. The van der Waals surface area contributed by atoms with Gasteiger partial charge in [0.15, 0.2) is 11.5 Å². The Hall–Kier alpha value is -2.63. The van der Waals surface area contributed by atoms with Crippen LogP contribution in [0.3, 0.4) is 0 Å². The fraction of sp³-hybridized carbons (Fsp3) is 0.500. The molecule has 0 aromatic heterocycles. The van der Waals surface area contributed by atoms with Crippen molar-refractivity contribution in [1.82, 2.24) is 4.90 Å². The van der Waals surface area contributed by atoms with E-state index < -0.39 is 23.7 Å². The summed E-state index contributed by atoms with van der Waals surface area (Å²) in [5.74, 6) is -1.49. The molecule has 2 rings (SSSR count). The summed E-state index contributed by atoms with van der Waals surface area (Å²) >= 11 is 0. The van der Waals surface area contributed by atoms with Gasteiger partial charge in [0.1, 0.15) is 0 Å². The predicted molar refractivity (Wildman–Crippen MR) is 106 cm³/mol.